The van der Waals surface area contributed by atoms with Crippen LogP contribution in [0.2, 0.25) is 0 Å². The third kappa shape index (κ3) is 4.33. The maximum atomic E-state index is 14.3. The van der Waals surface area contributed by atoms with Crippen molar-refractivity contribution in [3.63, 3.8) is 0 Å². The van der Waals surface area contributed by atoms with Crippen LogP contribution in [0.5, 0.6) is 0 Å². The van der Waals surface area contributed by atoms with Crippen molar-refractivity contribution in [2.75, 3.05) is 23.7 Å². The molecule has 0 amide bonds. The van der Waals surface area contributed by atoms with E-state index in [1.165, 1.54) is 12.1 Å². The topological polar surface area (TPSA) is 29.3 Å². The van der Waals surface area contributed by atoms with Crippen molar-refractivity contribution < 1.29 is 8.78 Å². The van der Waals surface area contributed by atoms with Gasteiger partial charge in [-0.05, 0) is 37.5 Å². The molecule has 5 heteroatoms. The highest BCUT2D eigenvalue weighted by Gasteiger charge is 2.26. The third-order valence-electron chi connectivity index (χ3n) is 3.79. The van der Waals surface area contributed by atoms with Crippen molar-refractivity contribution in [1.29, 1.82) is 0 Å². The van der Waals surface area contributed by atoms with Crippen LogP contribution < -0.4 is 10.6 Å². The number of anilines is 1. The van der Waals surface area contributed by atoms with Gasteiger partial charge < -0.3 is 10.6 Å². The molecule has 1 aliphatic heterocycles. The predicted molar refractivity (Wildman–Crippen MR) is 87.1 cm³/mol. The maximum absolute atomic E-state index is 14.3. The largest absolute Gasteiger partial charge is 0.366 e. The van der Waals surface area contributed by atoms with Gasteiger partial charge in [0.05, 0.1) is 0 Å². The van der Waals surface area contributed by atoms with E-state index in [1.54, 1.807) is 0 Å². The number of nitrogens with zero attached hydrogens (tertiary/aromatic N) is 1. The Balaban J connectivity index is 2.23. The highest BCUT2D eigenvalue weighted by molar-refractivity contribution is 8.00. The molecular weight excluding hydrogens is 290 g/mol. The molecule has 21 heavy (non-hydrogen) atoms. The highest BCUT2D eigenvalue weighted by Crippen LogP contribution is 2.34. The van der Waals surface area contributed by atoms with Crippen LogP contribution in [0.25, 0.3) is 0 Å². The molecule has 1 fully saturated rings. The van der Waals surface area contributed by atoms with Gasteiger partial charge in [0.15, 0.2) is 0 Å². The number of thioether (sulfide) groups is 1. The number of rotatable bonds is 3. The van der Waals surface area contributed by atoms with Crippen LogP contribution in [-0.4, -0.2) is 29.6 Å². The Hall–Kier alpha value is -0.810. The monoisotopic (exact) mass is 314 g/mol. The van der Waals surface area contributed by atoms with Gasteiger partial charge in [0.1, 0.15) is 17.3 Å². The van der Waals surface area contributed by atoms with E-state index in [9.17, 15) is 8.78 Å². The second kappa shape index (κ2) is 6.53. The molecular formula is C16H24F2N2S. The molecule has 1 saturated heterocycles. The minimum atomic E-state index is -0.477. The Kier molecular flexibility index (Phi) is 5.15. The zero-order chi connectivity index (χ0) is 15.6. The summed E-state index contributed by atoms with van der Waals surface area (Å²) in [6.45, 7) is 7.55. The summed E-state index contributed by atoms with van der Waals surface area (Å²) in [5.74, 6) is -0.0706. The van der Waals surface area contributed by atoms with Crippen molar-refractivity contribution in [2.24, 2.45) is 5.73 Å². The number of hydrogen-bond acceptors (Lipinski definition) is 3. The summed E-state index contributed by atoms with van der Waals surface area (Å²) in [6, 6.07) is 2.74. The summed E-state index contributed by atoms with van der Waals surface area (Å²) in [4.78, 5) is 1.84. The lowest BCUT2D eigenvalue weighted by atomic mass is 10.1. The minimum Gasteiger partial charge on any atom is -0.366 e. The minimum absolute atomic E-state index is 0.106. The van der Waals surface area contributed by atoms with E-state index < -0.39 is 11.6 Å². The normalized spacial score (nSPS) is 20.2. The Bertz CT molecular complexity index is 480. The average Bonchev–Trinajstić information content (AvgIpc) is 2.49. The van der Waals surface area contributed by atoms with E-state index in [0.717, 1.165) is 12.2 Å². The Labute approximate surface area is 130 Å². The molecule has 0 spiro atoms. The van der Waals surface area contributed by atoms with Crippen LogP contribution in [0, 0.1) is 11.6 Å². The van der Waals surface area contributed by atoms with Crippen LogP contribution in [0.1, 0.15) is 32.8 Å². The Morgan fingerprint density at radius 2 is 1.90 bits per heavy atom. The molecule has 2 nitrogen and oxygen atoms in total. The Morgan fingerprint density at radius 3 is 2.48 bits per heavy atom. The number of benzene rings is 1. The molecule has 2 N–H and O–H groups in total. The zero-order valence-electron chi connectivity index (χ0n) is 13.0. The molecule has 1 atom stereocenters. The average molecular weight is 314 g/mol. The fraction of sp³-hybridized carbons (Fsp3) is 0.625. The van der Waals surface area contributed by atoms with Crippen molar-refractivity contribution in [3.8, 4) is 0 Å². The molecule has 0 aromatic heterocycles. The summed E-state index contributed by atoms with van der Waals surface area (Å²) in [5.41, 5.74) is 6.43. The quantitative estimate of drug-likeness (QED) is 0.925. The van der Waals surface area contributed by atoms with Crippen molar-refractivity contribution in [2.45, 2.75) is 44.4 Å². The fourth-order valence-electron chi connectivity index (χ4n) is 2.65. The fourth-order valence-corrected chi connectivity index (χ4v) is 3.75. The second-order valence-electron chi connectivity index (χ2n) is 6.43. The number of halogens is 2. The molecule has 2 rings (SSSR count). The molecule has 1 aliphatic rings. The first-order chi connectivity index (χ1) is 9.78. The van der Waals surface area contributed by atoms with E-state index in [4.69, 9.17) is 5.73 Å². The molecule has 118 valence electrons. The van der Waals surface area contributed by atoms with Gasteiger partial charge in [-0.25, -0.2) is 8.78 Å². The molecule has 1 heterocycles. The van der Waals surface area contributed by atoms with Gasteiger partial charge in [-0.3, -0.25) is 0 Å². The molecule has 0 bridgehead atoms. The maximum Gasteiger partial charge on any atom is 0.149 e. The van der Waals surface area contributed by atoms with Crippen molar-refractivity contribution in [3.05, 3.63) is 29.3 Å². The lowest BCUT2D eigenvalue weighted by Crippen LogP contribution is -2.29. The first-order valence-corrected chi connectivity index (χ1v) is 8.39. The van der Waals surface area contributed by atoms with Gasteiger partial charge in [0.2, 0.25) is 0 Å². The first-order valence-electron chi connectivity index (χ1n) is 7.41. The SMILES string of the molecule is CC(N)Cc1cc(F)c(N2CCSC(C)(C)CC2)c(F)c1. The standard InChI is InChI=1S/C16H24F2N2S/c1-11(19)8-12-9-13(17)15(14(18)10-12)20-5-4-16(2,3)21-7-6-20/h9-11H,4-8,19H2,1-3H3. The molecule has 0 aliphatic carbocycles. The van der Waals surface area contributed by atoms with Crippen LogP contribution in [-0.2, 0) is 6.42 Å². The van der Waals surface area contributed by atoms with Gasteiger partial charge in [-0.2, -0.15) is 11.8 Å². The number of hydrogen-bond donors (Lipinski definition) is 1. The highest BCUT2D eigenvalue weighted by atomic mass is 32.2. The third-order valence-corrected chi connectivity index (χ3v) is 5.16. The summed E-state index contributed by atoms with van der Waals surface area (Å²) in [6.07, 6.45) is 1.40. The first kappa shape index (κ1) is 16.6. The molecule has 1 aromatic rings. The predicted octanol–water partition coefficient (Wildman–Crippen LogP) is 3.58. The molecule has 0 radical (unpaired) electrons. The van der Waals surface area contributed by atoms with E-state index in [2.05, 4.69) is 13.8 Å². The van der Waals surface area contributed by atoms with Crippen LogP contribution >= 0.6 is 11.8 Å². The zero-order valence-corrected chi connectivity index (χ0v) is 13.8. The lowest BCUT2D eigenvalue weighted by Gasteiger charge is -2.25. The van der Waals surface area contributed by atoms with Gasteiger partial charge >= 0.3 is 0 Å². The molecule has 1 unspecified atom stereocenters. The van der Waals surface area contributed by atoms with E-state index in [0.29, 0.717) is 25.1 Å². The van der Waals surface area contributed by atoms with Crippen molar-refractivity contribution in [1.82, 2.24) is 0 Å². The summed E-state index contributed by atoms with van der Waals surface area (Å²) >= 11 is 1.86. The van der Waals surface area contributed by atoms with Gasteiger partial charge in [0.25, 0.3) is 0 Å². The van der Waals surface area contributed by atoms with E-state index in [1.807, 2.05) is 23.6 Å². The van der Waals surface area contributed by atoms with Gasteiger partial charge in [-0.1, -0.05) is 13.8 Å². The molecule has 0 saturated carbocycles. The smallest absolute Gasteiger partial charge is 0.149 e. The summed E-state index contributed by atoms with van der Waals surface area (Å²) in [7, 11) is 0. The van der Waals surface area contributed by atoms with E-state index >= 15 is 0 Å². The number of nitrogens with two attached hydrogens (primary N) is 1. The lowest BCUT2D eigenvalue weighted by molar-refractivity contribution is 0.558. The Morgan fingerprint density at radius 1 is 1.29 bits per heavy atom. The summed E-state index contributed by atoms with van der Waals surface area (Å²) in [5, 5.41) is 0. The van der Waals surface area contributed by atoms with Crippen LogP contribution in [0.4, 0.5) is 14.5 Å². The van der Waals surface area contributed by atoms with Gasteiger partial charge in [0, 0.05) is 29.6 Å². The van der Waals surface area contributed by atoms with Crippen LogP contribution in [0.15, 0.2) is 12.1 Å². The summed E-state index contributed by atoms with van der Waals surface area (Å²) < 4.78 is 28.8. The van der Waals surface area contributed by atoms with Crippen LogP contribution in [0.3, 0.4) is 0 Å². The van der Waals surface area contributed by atoms with Gasteiger partial charge in [-0.15, -0.1) is 0 Å². The second-order valence-corrected chi connectivity index (χ2v) is 8.24. The molecule has 1 aromatic carbocycles. The van der Waals surface area contributed by atoms with Crippen molar-refractivity contribution >= 4 is 17.4 Å². The van der Waals surface area contributed by atoms with E-state index in [-0.39, 0.29) is 16.5 Å².